The van der Waals surface area contributed by atoms with E-state index < -0.39 is 0 Å². The lowest BCUT2D eigenvalue weighted by Gasteiger charge is -2.05. The van der Waals surface area contributed by atoms with Gasteiger partial charge in [-0.1, -0.05) is 13.8 Å². The highest BCUT2D eigenvalue weighted by Gasteiger charge is 1.96. The van der Waals surface area contributed by atoms with Crippen LogP contribution in [0.3, 0.4) is 0 Å². The van der Waals surface area contributed by atoms with Crippen LogP contribution in [0.2, 0.25) is 0 Å². The largest absolute Gasteiger partial charge is 0.347 e. The maximum Gasteiger partial charge on any atom is 0.347 e. The number of rotatable bonds is 4. The summed E-state index contributed by atoms with van der Waals surface area (Å²) in [7, 11) is 0. The van der Waals surface area contributed by atoms with Crippen LogP contribution in [0, 0.1) is 5.92 Å². The molecule has 13 heavy (non-hydrogen) atoms. The van der Waals surface area contributed by atoms with Gasteiger partial charge in [0.25, 0.3) is 0 Å². The van der Waals surface area contributed by atoms with E-state index in [9.17, 15) is 4.79 Å². The number of aromatic nitrogens is 2. The Labute approximate surface area is 78.4 Å². The Hall–Kier alpha value is -1.12. The van der Waals surface area contributed by atoms with E-state index in [0.717, 1.165) is 19.4 Å². The maximum absolute atomic E-state index is 11.1. The van der Waals surface area contributed by atoms with Crippen molar-refractivity contribution in [2.75, 3.05) is 0 Å². The lowest BCUT2D eigenvalue weighted by Crippen LogP contribution is -2.21. The number of hydrogen-bond donors (Lipinski definition) is 0. The summed E-state index contributed by atoms with van der Waals surface area (Å²) in [5, 5.41) is 0. The van der Waals surface area contributed by atoms with Crippen molar-refractivity contribution in [3.63, 3.8) is 0 Å². The first-order valence-corrected chi connectivity index (χ1v) is 4.71. The van der Waals surface area contributed by atoms with Crippen molar-refractivity contribution in [1.29, 1.82) is 0 Å². The Morgan fingerprint density at radius 2 is 2.31 bits per heavy atom. The molecule has 0 spiro atoms. The molecule has 1 aromatic rings. The molecule has 1 aromatic heterocycles. The zero-order valence-corrected chi connectivity index (χ0v) is 8.23. The second-order valence-electron chi connectivity index (χ2n) is 3.63. The molecule has 0 amide bonds. The summed E-state index contributed by atoms with van der Waals surface area (Å²) in [6, 6.07) is 1.79. The van der Waals surface area contributed by atoms with Crippen LogP contribution in [-0.4, -0.2) is 9.55 Å². The summed E-state index contributed by atoms with van der Waals surface area (Å²) >= 11 is 0. The second kappa shape index (κ2) is 4.80. The highest BCUT2D eigenvalue weighted by Crippen LogP contribution is 2.03. The van der Waals surface area contributed by atoms with Gasteiger partial charge in [0.05, 0.1) is 0 Å². The van der Waals surface area contributed by atoms with Crippen molar-refractivity contribution >= 4 is 0 Å². The maximum atomic E-state index is 11.1. The molecule has 0 radical (unpaired) electrons. The van der Waals surface area contributed by atoms with Gasteiger partial charge in [-0.2, -0.15) is 0 Å². The SMILES string of the molecule is CC(C)CCCn1cccnc1=O. The summed E-state index contributed by atoms with van der Waals surface area (Å²) in [5.41, 5.74) is -0.147. The molecule has 3 nitrogen and oxygen atoms in total. The van der Waals surface area contributed by atoms with E-state index in [1.165, 1.54) is 6.20 Å². The highest BCUT2D eigenvalue weighted by atomic mass is 16.1. The minimum Gasteiger partial charge on any atom is -0.299 e. The lowest BCUT2D eigenvalue weighted by molar-refractivity contribution is 0.502. The predicted octanol–water partition coefficient (Wildman–Crippen LogP) is 1.68. The number of hydrogen-bond acceptors (Lipinski definition) is 2. The third kappa shape index (κ3) is 3.40. The third-order valence-corrected chi connectivity index (χ3v) is 1.96. The van der Waals surface area contributed by atoms with Gasteiger partial charge >= 0.3 is 5.69 Å². The molecule has 0 bridgehead atoms. The van der Waals surface area contributed by atoms with Crippen LogP contribution in [0.25, 0.3) is 0 Å². The molecule has 0 atom stereocenters. The molecule has 3 heteroatoms. The summed E-state index contributed by atoms with van der Waals surface area (Å²) < 4.78 is 1.66. The van der Waals surface area contributed by atoms with Gasteiger partial charge in [-0.3, -0.25) is 4.57 Å². The standard InChI is InChI=1S/C10H16N2O/c1-9(2)5-3-7-12-8-4-6-11-10(12)13/h4,6,8-9H,3,5,7H2,1-2H3. The van der Waals surface area contributed by atoms with Crippen LogP contribution < -0.4 is 5.69 Å². The molecule has 0 aromatic carbocycles. The fraction of sp³-hybridized carbons (Fsp3) is 0.600. The molecule has 0 aliphatic carbocycles. The molecule has 1 rings (SSSR count). The van der Waals surface area contributed by atoms with Crippen LogP contribution in [0.15, 0.2) is 23.3 Å². The zero-order valence-electron chi connectivity index (χ0n) is 8.23. The molecule has 0 aliphatic heterocycles. The molecule has 0 fully saturated rings. The topological polar surface area (TPSA) is 34.9 Å². The molecular weight excluding hydrogens is 164 g/mol. The Morgan fingerprint density at radius 1 is 1.54 bits per heavy atom. The van der Waals surface area contributed by atoms with Crippen molar-refractivity contribution in [3.05, 3.63) is 28.9 Å². The van der Waals surface area contributed by atoms with Crippen molar-refractivity contribution in [2.45, 2.75) is 33.2 Å². The van der Waals surface area contributed by atoms with E-state index in [1.54, 1.807) is 16.8 Å². The molecular formula is C10H16N2O. The van der Waals surface area contributed by atoms with E-state index >= 15 is 0 Å². The fourth-order valence-corrected chi connectivity index (χ4v) is 1.23. The van der Waals surface area contributed by atoms with Crippen LogP contribution in [0.4, 0.5) is 0 Å². The molecule has 72 valence electrons. The van der Waals surface area contributed by atoms with Crippen molar-refractivity contribution in [1.82, 2.24) is 9.55 Å². The van der Waals surface area contributed by atoms with E-state index in [0.29, 0.717) is 5.92 Å². The van der Waals surface area contributed by atoms with Gasteiger partial charge in [-0.05, 0) is 24.8 Å². The van der Waals surface area contributed by atoms with Crippen LogP contribution in [0.1, 0.15) is 26.7 Å². The van der Waals surface area contributed by atoms with E-state index in [4.69, 9.17) is 0 Å². The van der Waals surface area contributed by atoms with Gasteiger partial charge in [-0.15, -0.1) is 0 Å². The van der Waals surface area contributed by atoms with Gasteiger partial charge in [-0.25, -0.2) is 9.78 Å². The first-order valence-electron chi connectivity index (χ1n) is 4.71. The van der Waals surface area contributed by atoms with Gasteiger partial charge in [0.2, 0.25) is 0 Å². The van der Waals surface area contributed by atoms with E-state index in [1.807, 2.05) is 0 Å². The smallest absolute Gasteiger partial charge is 0.299 e. The summed E-state index contributed by atoms with van der Waals surface area (Å²) in [6.07, 6.45) is 5.52. The molecule has 1 heterocycles. The first kappa shape index (κ1) is 9.96. The van der Waals surface area contributed by atoms with Crippen molar-refractivity contribution < 1.29 is 0 Å². The quantitative estimate of drug-likeness (QED) is 0.706. The van der Waals surface area contributed by atoms with Crippen LogP contribution in [-0.2, 0) is 6.54 Å². The molecule has 0 aliphatic rings. The van der Waals surface area contributed by atoms with E-state index in [2.05, 4.69) is 18.8 Å². The molecule has 0 saturated carbocycles. The third-order valence-electron chi connectivity index (χ3n) is 1.96. The minimum absolute atomic E-state index is 0.147. The Balaban J connectivity index is 2.46. The second-order valence-corrected chi connectivity index (χ2v) is 3.63. The van der Waals surface area contributed by atoms with Gasteiger partial charge < -0.3 is 0 Å². The monoisotopic (exact) mass is 180 g/mol. The number of aryl methyl sites for hydroxylation is 1. The molecule has 0 N–H and O–H groups in total. The average molecular weight is 180 g/mol. The normalized spacial score (nSPS) is 10.7. The molecule has 0 saturated heterocycles. The summed E-state index contributed by atoms with van der Waals surface area (Å²) in [4.78, 5) is 14.8. The van der Waals surface area contributed by atoms with Crippen molar-refractivity contribution in [2.24, 2.45) is 5.92 Å². The first-order chi connectivity index (χ1) is 6.20. The van der Waals surface area contributed by atoms with Crippen LogP contribution >= 0.6 is 0 Å². The lowest BCUT2D eigenvalue weighted by atomic mass is 10.1. The zero-order chi connectivity index (χ0) is 9.68. The molecule has 0 unspecified atom stereocenters. The van der Waals surface area contributed by atoms with Crippen LogP contribution in [0.5, 0.6) is 0 Å². The van der Waals surface area contributed by atoms with Crippen molar-refractivity contribution in [3.8, 4) is 0 Å². The Bertz CT molecular complexity index is 304. The van der Waals surface area contributed by atoms with Gasteiger partial charge in [0, 0.05) is 18.9 Å². The predicted molar refractivity (Wildman–Crippen MR) is 52.6 cm³/mol. The van der Waals surface area contributed by atoms with E-state index in [-0.39, 0.29) is 5.69 Å². The highest BCUT2D eigenvalue weighted by molar-refractivity contribution is 4.80. The summed E-state index contributed by atoms with van der Waals surface area (Å²) in [5.74, 6) is 0.701. The fourth-order valence-electron chi connectivity index (χ4n) is 1.23. The Morgan fingerprint density at radius 3 is 2.92 bits per heavy atom. The Kier molecular flexibility index (Phi) is 3.68. The van der Waals surface area contributed by atoms with Gasteiger partial charge in [0.1, 0.15) is 0 Å². The minimum atomic E-state index is -0.147. The average Bonchev–Trinajstić information content (AvgIpc) is 2.08. The van der Waals surface area contributed by atoms with Gasteiger partial charge in [0.15, 0.2) is 0 Å². The summed E-state index contributed by atoms with van der Waals surface area (Å²) in [6.45, 7) is 5.16. The number of nitrogens with zero attached hydrogens (tertiary/aromatic N) is 2.